The second-order valence-electron chi connectivity index (χ2n) is 2.86. The second-order valence-corrected chi connectivity index (χ2v) is 5.44. The van der Waals surface area contributed by atoms with Crippen LogP contribution in [-0.2, 0) is 0 Å². The molecule has 0 unspecified atom stereocenters. The maximum atomic E-state index is 4.38. The SMILES string of the molecule is Cc1nc([Se])c2cc(Br)cc(Br)c2n1. The number of halogens is 2. The molecule has 0 saturated heterocycles. The number of aryl methyl sites for hydroxylation is 1. The molecule has 0 fully saturated rings. The summed E-state index contributed by atoms with van der Waals surface area (Å²) in [5, 5.41) is 1.02. The summed E-state index contributed by atoms with van der Waals surface area (Å²) in [6, 6.07) is 3.99. The summed E-state index contributed by atoms with van der Waals surface area (Å²) >= 11 is 9.87. The molecule has 1 aromatic heterocycles. The Kier molecular flexibility index (Phi) is 2.93. The predicted molar refractivity (Wildman–Crippen MR) is 65.1 cm³/mol. The Morgan fingerprint density at radius 3 is 2.64 bits per heavy atom. The fraction of sp³-hybridized carbons (Fsp3) is 0.111. The number of fused-ring (bicyclic) bond motifs is 1. The third-order valence-corrected chi connectivity index (χ3v) is 3.51. The molecule has 0 saturated carbocycles. The van der Waals surface area contributed by atoms with Crippen LogP contribution >= 0.6 is 31.9 Å². The maximum absolute atomic E-state index is 4.38. The van der Waals surface area contributed by atoms with Crippen LogP contribution in [0.4, 0.5) is 0 Å². The van der Waals surface area contributed by atoms with Gasteiger partial charge in [-0.15, -0.1) is 0 Å². The topological polar surface area (TPSA) is 25.8 Å². The van der Waals surface area contributed by atoms with Gasteiger partial charge in [0.25, 0.3) is 0 Å². The Balaban J connectivity index is 2.94. The van der Waals surface area contributed by atoms with Crippen molar-refractivity contribution in [3.63, 3.8) is 0 Å². The monoisotopic (exact) mass is 379 g/mol. The van der Waals surface area contributed by atoms with Gasteiger partial charge < -0.3 is 0 Å². The first kappa shape index (κ1) is 10.6. The van der Waals surface area contributed by atoms with E-state index in [0.29, 0.717) is 0 Å². The van der Waals surface area contributed by atoms with E-state index >= 15 is 0 Å². The number of aromatic nitrogens is 2. The molecule has 2 rings (SSSR count). The fourth-order valence-electron chi connectivity index (χ4n) is 1.24. The van der Waals surface area contributed by atoms with Crippen LogP contribution in [0.15, 0.2) is 21.1 Å². The van der Waals surface area contributed by atoms with Crippen LogP contribution in [0.5, 0.6) is 0 Å². The zero-order chi connectivity index (χ0) is 10.3. The van der Waals surface area contributed by atoms with Crippen molar-refractivity contribution in [2.75, 3.05) is 0 Å². The van der Waals surface area contributed by atoms with Gasteiger partial charge in [0.15, 0.2) is 0 Å². The van der Waals surface area contributed by atoms with E-state index in [4.69, 9.17) is 0 Å². The molecule has 71 valence electrons. The molecule has 0 bridgehead atoms. The number of rotatable bonds is 0. The summed E-state index contributed by atoms with van der Waals surface area (Å²) in [4.78, 5) is 8.65. The quantitative estimate of drug-likeness (QED) is 0.656. The van der Waals surface area contributed by atoms with E-state index in [-0.39, 0.29) is 0 Å². The molecule has 1 heterocycles. The van der Waals surface area contributed by atoms with Gasteiger partial charge in [-0.3, -0.25) is 0 Å². The van der Waals surface area contributed by atoms with Gasteiger partial charge >= 0.3 is 107 Å². The van der Waals surface area contributed by atoms with Gasteiger partial charge in [-0.25, -0.2) is 0 Å². The average Bonchev–Trinajstić information content (AvgIpc) is 2.07. The van der Waals surface area contributed by atoms with Crippen molar-refractivity contribution in [3.8, 4) is 0 Å². The van der Waals surface area contributed by atoms with E-state index in [1.54, 1.807) is 0 Å². The Morgan fingerprint density at radius 2 is 1.93 bits per heavy atom. The zero-order valence-corrected chi connectivity index (χ0v) is 12.1. The van der Waals surface area contributed by atoms with Crippen molar-refractivity contribution in [1.29, 1.82) is 0 Å². The summed E-state index contributed by atoms with van der Waals surface area (Å²) in [6.07, 6.45) is 0. The zero-order valence-electron chi connectivity index (χ0n) is 7.21. The van der Waals surface area contributed by atoms with Crippen LogP contribution in [0, 0.1) is 6.92 Å². The van der Waals surface area contributed by atoms with E-state index in [2.05, 4.69) is 57.8 Å². The Morgan fingerprint density at radius 1 is 1.21 bits per heavy atom. The minimum absolute atomic E-state index is 0.772. The molecular formula is C9H5Br2N2Se. The van der Waals surface area contributed by atoms with Crippen LogP contribution in [0.2, 0.25) is 0 Å². The van der Waals surface area contributed by atoms with Crippen molar-refractivity contribution in [2.24, 2.45) is 0 Å². The Hall–Kier alpha value is 0.0395. The molecule has 0 atom stereocenters. The summed E-state index contributed by atoms with van der Waals surface area (Å²) < 4.78 is 2.87. The van der Waals surface area contributed by atoms with Crippen molar-refractivity contribution in [1.82, 2.24) is 9.97 Å². The molecule has 5 heteroatoms. The minimum atomic E-state index is 0.772. The van der Waals surface area contributed by atoms with Gasteiger partial charge in [0, 0.05) is 0 Å². The van der Waals surface area contributed by atoms with Gasteiger partial charge in [0.1, 0.15) is 0 Å². The standard InChI is InChI=1S/C9H5Br2N2Se/c1-4-12-8-6(9(14)13-4)2-5(10)3-7(8)11/h2-3H,1H3. The summed E-state index contributed by atoms with van der Waals surface area (Å²) in [6.45, 7) is 1.88. The van der Waals surface area contributed by atoms with E-state index in [1.165, 1.54) is 0 Å². The van der Waals surface area contributed by atoms with Gasteiger partial charge in [-0.2, -0.15) is 0 Å². The molecule has 0 aliphatic carbocycles. The van der Waals surface area contributed by atoms with Crippen LogP contribution in [0.1, 0.15) is 5.82 Å². The van der Waals surface area contributed by atoms with Gasteiger partial charge in [0.05, 0.1) is 0 Å². The van der Waals surface area contributed by atoms with Gasteiger partial charge in [-0.1, -0.05) is 0 Å². The van der Waals surface area contributed by atoms with E-state index in [0.717, 1.165) is 30.3 Å². The molecule has 0 aliphatic heterocycles. The Labute approximate surface area is 107 Å². The Bertz CT molecular complexity index is 466. The van der Waals surface area contributed by atoms with Crippen LogP contribution in [-0.4, -0.2) is 26.0 Å². The normalized spacial score (nSPS) is 10.8. The molecule has 1 aromatic carbocycles. The summed E-state index contributed by atoms with van der Waals surface area (Å²) in [7, 11) is 0. The third-order valence-electron chi connectivity index (χ3n) is 1.80. The molecular weight excluding hydrogens is 375 g/mol. The first-order chi connectivity index (χ1) is 6.58. The van der Waals surface area contributed by atoms with Crippen molar-refractivity contribution in [3.05, 3.63) is 26.9 Å². The first-order valence-electron chi connectivity index (χ1n) is 3.88. The molecule has 14 heavy (non-hydrogen) atoms. The molecule has 2 nitrogen and oxygen atoms in total. The number of nitrogens with zero attached hydrogens (tertiary/aromatic N) is 2. The summed E-state index contributed by atoms with van der Waals surface area (Å²) in [5.74, 6) is 0.772. The predicted octanol–water partition coefficient (Wildman–Crippen LogP) is 2.26. The molecule has 0 amide bonds. The van der Waals surface area contributed by atoms with E-state index in [9.17, 15) is 0 Å². The van der Waals surface area contributed by atoms with Crippen LogP contribution in [0.3, 0.4) is 0 Å². The van der Waals surface area contributed by atoms with Gasteiger partial charge in [0.2, 0.25) is 0 Å². The fourth-order valence-corrected chi connectivity index (χ4v) is 3.15. The molecule has 0 aliphatic rings. The van der Waals surface area contributed by atoms with E-state index < -0.39 is 0 Å². The van der Waals surface area contributed by atoms with Crippen LogP contribution < -0.4 is 4.59 Å². The van der Waals surface area contributed by atoms with Crippen molar-refractivity contribution >= 4 is 63.4 Å². The molecule has 2 aromatic rings. The second kappa shape index (κ2) is 3.89. The summed E-state index contributed by atoms with van der Waals surface area (Å²) in [5.41, 5.74) is 0.939. The van der Waals surface area contributed by atoms with Crippen molar-refractivity contribution < 1.29 is 0 Å². The third kappa shape index (κ3) is 1.87. The average molecular weight is 380 g/mol. The molecule has 1 radical (unpaired) electrons. The molecule has 0 N–H and O–H groups in total. The van der Waals surface area contributed by atoms with E-state index in [1.807, 2.05) is 19.1 Å². The van der Waals surface area contributed by atoms with Crippen molar-refractivity contribution in [2.45, 2.75) is 6.92 Å². The number of hydrogen-bond acceptors (Lipinski definition) is 2. The molecule has 0 spiro atoms. The van der Waals surface area contributed by atoms with Gasteiger partial charge in [-0.05, 0) is 0 Å². The number of hydrogen-bond donors (Lipinski definition) is 0. The van der Waals surface area contributed by atoms with Crippen LogP contribution in [0.25, 0.3) is 10.9 Å². The first-order valence-corrected chi connectivity index (χ1v) is 6.32. The number of benzene rings is 1.